The zero-order valence-electron chi connectivity index (χ0n) is 17.7. The Hall–Kier alpha value is -3.54. The van der Waals surface area contributed by atoms with E-state index in [2.05, 4.69) is 5.32 Å². The van der Waals surface area contributed by atoms with Gasteiger partial charge in [-0.05, 0) is 68.3 Å². The molecule has 160 valence electrons. The van der Waals surface area contributed by atoms with E-state index in [1.807, 2.05) is 89.4 Å². The van der Waals surface area contributed by atoms with Gasteiger partial charge >= 0.3 is 0 Å². The van der Waals surface area contributed by atoms with Crippen molar-refractivity contribution in [3.63, 3.8) is 0 Å². The molecule has 3 aromatic rings. The monoisotopic (exact) mass is 417 g/mol. The molecule has 1 N–H and O–H groups in total. The highest BCUT2D eigenvalue weighted by atomic mass is 16.5. The van der Waals surface area contributed by atoms with Crippen molar-refractivity contribution in [2.24, 2.45) is 0 Å². The van der Waals surface area contributed by atoms with Gasteiger partial charge in [0.15, 0.2) is 6.61 Å². The van der Waals surface area contributed by atoms with Crippen molar-refractivity contribution in [3.05, 3.63) is 84.2 Å². The molecule has 0 aliphatic carbocycles. The van der Waals surface area contributed by atoms with E-state index >= 15 is 0 Å². The molecule has 6 nitrogen and oxygen atoms in total. The van der Waals surface area contributed by atoms with Crippen LogP contribution in [0.4, 0.5) is 0 Å². The average Bonchev–Trinajstić information content (AvgIpc) is 3.34. The normalized spacial score (nSPS) is 14.3. The summed E-state index contributed by atoms with van der Waals surface area (Å²) in [5.74, 6) is 0.585. The number of carbonyl (C=O) groups is 2. The van der Waals surface area contributed by atoms with Crippen LogP contribution in [-0.4, -0.2) is 47.0 Å². The average molecular weight is 418 g/mol. The predicted molar refractivity (Wildman–Crippen MR) is 120 cm³/mol. The number of hydrogen-bond acceptors (Lipinski definition) is 3. The number of nitrogens with one attached hydrogen (secondary N) is 1. The number of benzene rings is 2. The van der Waals surface area contributed by atoms with E-state index in [4.69, 9.17) is 4.74 Å². The van der Waals surface area contributed by atoms with Crippen LogP contribution in [-0.2, 0) is 4.79 Å². The van der Waals surface area contributed by atoms with Crippen molar-refractivity contribution in [2.75, 3.05) is 19.7 Å². The van der Waals surface area contributed by atoms with E-state index < -0.39 is 0 Å². The summed E-state index contributed by atoms with van der Waals surface area (Å²) in [6.07, 6.45) is 5.43. The largest absolute Gasteiger partial charge is 0.484 e. The molecule has 2 aromatic carbocycles. The van der Waals surface area contributed by atoms with Gasteiger partial charge in [0.2, 0.25) is 0 Å². The molecule has 1 aliphatic heterocycles. The van der Waals surface area contributed by atoms with Crippen molar-refractivity contribution < 1.29 is 14.3 Å². The maximum Gasteiger partial charge on any atom is 0.258 e. The Morgan fingerprint density at radius 1 is 0.968 bits per heavy atom. The van der Waals surface area contributed by atoms with Gasteiger partial charge in [0.1, 0.15) is 5.75 Å². The van der Waals surface area contributed by atoms with Crippen LogP contribution in [0, 0.1) is 6.92 Å². The molecule has 1 aliphatic rings. The van der Waals surface area contributed by atoms with Crippen LogP contribution in [0.15, 0.2) is 73.1 Å². The maximum atomic E-state index is 12.8. The molecule has 1 aromatic heterocycles. The lowest BCUT2D eigenvalue weighted by Crippen LogP contribution is -2.47. The number of aromatic nitrogens is 1. The fraction of sp³-hybridized carbons (Fsp3) is 0.280. The Bertz CT molecular complexity index is 1000. The number of rotatable bonds is 6. The Balaban J connectivity index is 1.23. The van der Waals surface area contributed by atoms with E-state index in [-0.39, 0.29) is 24.5 Å². The van der Waals surface area contributed by atoms with Gasteiger partial charge in [-0.1, -0.05) is 17.7 Å². The first-order chi connectivity index (χ1) is 15.1. The molecule has 0 bridgehead atoms. The minimum atomic E-state index is -0.133. The minimum Gasteiger partial charge on any atom is -0.484 e. The highest BCUT2D eigenvalue weighted by molar-refractivity contribution is 5.94. The van der Waals surface area contributed by atoms with Gasteiger partial charge in [-0.3, -0.25) is 9.59 Å². The van der Waals surface area contributed by atoms with Gasteiger partial charge in [-0.15, -0.1) is 0 Å². The topological polar surface area (TPSA) is 63.6 Å². The number of aryl methyl sites for hydroxylation is 1. The number of likely N-dealkylation sites (tertiary alicyclic amines) is 1. The molecule has 0 atom stereocenters. The summed E-state index contributed by atoms with van der Waals surface area (Å²) in [5, 5.41) is 3.02. The van der Waals surface area contributed by atoms with Crippen molar-refractivity contribution in [1.29, 1.82) is 0 Å². The van der Waals surface area contributed by atoms with Crippen LogP contribution in [0.5, 0.6) is 5.75 Å². The summed E-state index contributed by atoms with van der Waals surface area (Å²) in [6, 6.07) is 19.3. The van der Waals surface area contributed by atoms with Crippen molar-refractivity contribution in [2.45, 2.75) is 25.8 Å². The molecule has 6 heteroatoms. The molecule has 31 heavy (non-hydrogen) atoms. The lowest BCUT2D eigenvalue weighted by Gasteiger charge is -2.32. The lowest BCUT2D eigenvalue weighted by molar-refractivity contribution is -0.124. The Morgan fingerprint density at radius 3 is 2.26 bits per heavy atom. The first-order valence-corrected chi connectivity index (χ1v) is 10.6. The van der Waals surface area contributed by atoms with Crippen LogP contribution in [0.25, 0.3) is 5.69 Å². The lowest BCUT2D eigenvalue weighted by atomic mass is 10.0. The highest BCUT2D eigenvalue weighted by Crippen LogP contribution is 2.16. The second-order valence-corrected chi connectivity index (χ2v) is 7.87. The van der Waals surface area contributed by atoms with Crippen LogP contribution in [0.3, 0.4) is 0 Å². The molecule has 0 radical (unpaired) electrons. The second-order valence-electron chi connectivity index (χ2n) is 7.87. The van der Waals surface area contributed by atoms with Crippen LogP contribution in [0.1, 0.15) is 28.8 Å². The van der Waals surface area contributed by atoms with Crippen LogP contribution in [0.2, 0.25) is 0 Å². The van der Waals surface area contributed by atoms with Gasteiger partial charge in [0.25, 0.3) is 11.8 Å². The smallest absolute Gasteiger partial charge is 0.258 e. The SMILES string of the molecule is Cc1ccc(OCC(=O)NC2CCN(C(=O)c3ccc(-n4cccc4)cc3)CC2)cc1. The van der Waals surface area contributed by atoms with E-state index in [1.165, 1.54) is 0 Å². The molecular weight excluding hydrogens is 390 g/mol. The first-order valence-electron chi connectivity index (χ1n) is 10.6. The molecule has 0 saturated carbocycles. The Labute approximate surface area is 182 Å². The van der Waals surface area contributed by atoms with E-state index in [0.29, 0.717) is 24.4 Å². The second kappa shape index (κ2) is 9.51. The third-order valence-corrected chi connectivity index (χ3v) is 5.56. The van der Waals surface area contributed by atoms with Crippen molar-refractivity contribution in [1.82, 2.24) is 14.8 Å². The number of nitrogens with zero attached hydrogens (tertiary/aromatic N) is 2. The number of carbonyl (C=O) groups excluding carboxylic acids is 2. The molecule has 1 saturated heterocycles. The standard InChI is InChI=1S/C25H27N3O3/c1-19-4-10-23(11-5-19)31-18-24(29)26-21-12-16-28(17-13-21)25(30)20-6-8-22(9-7-20)27-14-2-3-15-27/h2-11,14-15,21H,12-13,16-18H2,1H3,(H,26,29). The zero-order chi connectivity index (χ0) is 21.6. The van der Waals surface area contributed by atoms with Gasteiger partial charge in [-0.2, -0.15) is 0 Å². The summed E-state index contributed by atoms with van der Waals surface area (Å²) in [7, 11) is 0. The van der Waals surface area contributed by atoms with E-state index in [0.717, 1.165) is 24.1 Å². The summed E-state index contributed by atoms with van der Waals surface area (Å²) in [4.78, 5) is 26.9. The highest BCUT2D eigenvalue weighted by Gasteiger charge is 2.24. The summed E-state index contributed by atoms with van der Waals surface area (Å²) < 4.78 is 7.54. The van der Waals surface area contributed by atoms with Crippen molar-refractivity contribution >= 4 is 11.8 Å². The number of hydrogen-bond donors (Lipinski definition) is 1. The van der Waals surface area contributed by atoms with Gasteiger partial charge in [-0.25, -0.2) is 0 Å². The third-order valence-electron chi connectivity index (χ3n) is 5.56. The maximum absolute atomic E-state index is 12.8. The minimum absolute atomic E-state index is 0.00402. The Morgan fingerprint density at radius 2 is 1.61 bits per heavy atom. The van der Waals surface area contributed by atoms with Crippen LogP contribution >= 0.6 is 0 Å². The quantitative estimate of drug-likeness (QED) is 0.667. The van der Waals surface area contributed by atoms with Crippen molar-refractivity contribution in [3.8, 4) is 11.4 Å². The summed E-state index contributed by atoms with van der Waals surface area (Å²) in [6.45, 7) is 3.26. The number of piperidine rings is 1. The first kappa shape index (κ1) is 20.7. The molecule has 2 amide bonds. The predicted octanol–water partition coefficient (Wildman–Crippen LogP) is 3.59. The number of amides is 2. The fourth-order valence-corrected chi connectivity index (χ4v) is 3.74. The number of ether oxygens (including phenoxy) is 1. The third kappa shape index (κ3) is 5.34. The van der Waals surface area contributed by atoms with E-state index in [9.17, 15) is 9.59 Å². The molecule has 4 rings (SSSR count). The van der Waals surface area contributed by atoms with Gasteiger partial charge in [0, 0.05) is 42.8 Å². The molecule has 0 spiro atoms. The van der Waals surface area contributed by atoms with Crippen LogP contribution < -0.4 is 10.1 Å². The summed E-state index contributed by atoms with van der Waals surface area (Å²) in [5.41, 5.74) is 2.86. The zero-order valence-corrected chi connectivity index (χ0v) is 17.7. The summed E-state index contributed by atoms with van der Waals surface area (Å²) >= 11 is 0. The molecule has 1 fully saturated rings. The molecule has 2 heterocycles. The Kier molecular flexibility index (Phi) is 6.36. The fourth-order valence-electron chi connectivity index (χ4n) is 3.74. The molecule has 0 unspecified atom stereocenters. The van der Waals surface area contributed by atoms with E-state index in [1.54, 1.807) is 0 Å². The molecular formula is C25H27N3O3. The van der Waals surface area contributed by atoms with Gasteiger partial charge in [0.05, 0.1) is 0 Å². The van der Waals surface area contributed by atoms with Gasteiger partial charge < -0.3 is 19.5 Å².